The summed E-state index contributed by atoms with van der Waals surface area (Å²) >= 11 is 5.94. The fourth-order valence-corrected chi connectivity index (χ4v) is 3.69. The number of hydrogen-bond donors (Lipinski definition) is 2. The molecule has 7 heteroatoms. The van der Waals surface area contributed by atoms with E-state index in [1.165, 1.54) is 12.1 Å². The van der Waals surface area contributed by atoms with Crippen molar-refractivity contribution in [1.29, 1.82) is 0 Å². The van der Waals surface area contributed by atoms with Gasteiger partial charge in [0.2, 0.25) is 5.91 Å². The Hall–Kier alpha value is -2.05. The summed E-state index contributed by atoms with van der Waals surface area (Å²) in [6.07, 6.45) is 1.81. The van der Waals surface area contributed by atoms with Crippen LogP contribution in [0.4, 0.5) is 11.4 Å². The SMILES string of the molecule is O=C(Nc1cccc(NS(=O)(=O)c2ccccc2Cl)c1)C1CC1. The van der Waals surface area contributed by atoms with E-state index in [0.717, 1.165) is 12.8 Å². The number of rotatable bonds is 5. The lowest BCUT2D eigenvalue weighted by atomic mass is 10.2. The summed E-state index contributed by atoms with van der Waals surface area (Å²) in [5, 5.41) is 2.93. The summed E-state index contributed by atoms with van der Waals surface area (Å²) in [7, 11) is -3.79. The van der Waals surface area contributed by atoms with Gasteiger partial charge in [0.25, 0.3) is 10.0 Å². The van der Waals surface area contributed by atoms with Gasteiger partial charge in [0.1, 0.15) is 4.90 Å². The van der Waals surface area contributed by atoms with Crippen LogP contribution in [0, 0.1) is 5.92 Å². The van der Waals surface area contributed by atoms with Gasteiger partial charge in [0.05, 0.1) is 10.7 Å². The Morgan fingerprint density at radius 3 is 2.43 bits per heavy atom. The smallest absolute Gasteiger partial charge is 0.263 e. The maximum atomic E-state index is 12.4. The highest BCUT2D eigenvalue weighted by Crippen LogP contribution is 2.30. The van der Waals surface area contributed by atoms with E-state index >= 15 is 0 Å². The molecule has 5 nitrogen and oxygen atoms in total. The van der Waals surface area contributed by atoms with Crippen LogP contribution in [0.3, 0.4) is 0 Å². The number of carbonyl (C=O) groups excluding carboxylic acids is 1. The largest absolute Gasteiger partial charge is 0.326 e. The van der Waals surface area contributed by atoms with E-state index in [9.17, 15) is 13.2 Å². The molecule has 3 rings (SSSR count). The summed E-state index contributed by atoms with van der Waals surface area (Å²) < 4.78 is 27.3. The summed E-state index contributed by atoms with van der Waals surface area (Å²) in [5.74, 6) is 0.0505. The molecule has 0 aromatic heterocycles. The Kier molecular flexibility index (Phi) is 4.28. The zero-order valence-electron chi connectivity index (χ0n) is 12.1. The average Bonchev–Trinajstić information content (AvgIpc) is 3.32. The van der Waals surface area contributed by atoms with Crippen molar-refractivity contribution >= 4 is 38.9 Å². The maximum Gasteiger partial charge on any atom is 0.263 e. The Morgan fingerprint density at radius 2 is 1.74 bits per heavy atom. The molecule has 0 unspecified atom stereocenters. The Labute approximate surface area is 139 Å². The van der Waals surface area contributed by atoms with Crippen molar-refractivity contribution in [2.45, 2.75) is 17.7 Å². The molecule has 0 radical (unpaired) electrons. The molecule has 0 bridgehead atoms. The molecule has 0 heterocycles. The molecule has 1 fully saturated rings. The van der Waals surface area contributed by atoms with Crippen molar-refractivity contribution < 1.29 is 13.2 Å². The number of anilines is 2. The molecule has 2 aromatic carbocycles. The summed E-state index contributed by atoms with van der Waals surface area (Å²) in [5.41, 5.74) is 0.916. The zero-order valence-corrected chi connectivity index (χ0v) is 13.7. The molecule has 2 aromatic rings. The Morgan fingerprint density at radius 1 is 1.04 bits per heavy atom. The first kappa shape index (κ1) is 15.8. The van der Waals surface area contributed by atoms with E-state index in [0.29, 0.717) is 11.4 Å². The number of sulfonamides is 1. The van der Waals surface area contributed by atoms with Gasteiger partial charge in [-0.15, -0.1) is 0 Å². The predicted octanol–water partition coefficient (Wildman–Crippen LogP) is 3.49. The van der Waals surface area contributed by atoms with Crippen molar-refractivity contribution in [2.24, 2.45) is 5.92 Å². The fraction of sp³-hybridized carbons (Fsp3) is 0.188. The van der Waals surface area contributed by atoms with E-state index in [-0.39, 0.29) is 21.7 Å². The molecule has 1 amide bonds. The summed E-state index contributed by atoms with van der Waals surface area (Å²) in [6, 6.07) is 12.8. The first-order valence-corrected chi connectivity index (χ1v) is 9.00. The van der Waals surface area contributed by atoms with Crippen LogP contribution in [0.25, 0.3) is 0 Å². The van der Waals surface area contributed by atoms with Crippen LogP contribution < -0.4 is 10.0 Å². The molecule has 1 saturated carbocycles. The molecule has 0 aliphatic heterocycles. The van der Waals surface area contributed by atoms with Crippen LogP contribution in [0.15, 0.2) is 53.4 Å². The molecule has 2 N–H and O–H groups in total. The van der Waals surface area contributed by atoms with Gasteiger partial charge in [-0.05, 0) is 43.2 Å². The van der Waals surface area contributed by atoms with Gasteiger partial charge in [0.15, 0.2) is 0 Å². The lowest BCUT2D eigenvalue weighted by molar-refractivity contribution is -0.117. The highest BCUT2D eigenvalue weighted by molar-refractivity contribution is 7.92. The molecule has 0 atom stereocenters. The van der Waals surface area contributed by atoms with Crippen LogP contribution in [-0.2, 0) is 14.8 Å². The Balaban J connectivity index is 1.79. The van der Waals surface area contributed by atoms with Crippen molar-refractivity contribution in [3.8, 4) is 0 Å². The molecule has 23 heavy (non-hydrogen) atoms. The minimum absolute atomic E-state index is 0.00841. The van der Waals surface area contributed by atoms with Crippen molar-refractivity contribution in [1.82, 2.24) is 0 Å². The molecule has 1 aliphatic carbocycles. The third kappa shape index (κ3) is 3.83. The molecule has 1 aliphatic rings. The van der Waals surface area contributed by atoms with Crippen molar-refractivity contribution in [2.75, 3.05) is 10.0 Å². The number of benzene rings is 2. The van der Waals surface area contributed by atoms with Gasteiger partial charge < -0.3 is 5.32 Å². The molecular formula is C16H15ClN2O3S. The second-order valence-corrected chi connectivity index (χ2v) is 7.44. The lowest BCUT2D eigenvalue weighted by Crippen LogP contribution is -2.15. The number of amides is 1. The molecule has 0 spiro atoms. The molecule has 0 saturated heterocycles. The average molecular weight is 351 g/mol. The third-order valence-corrected chi connectivity index (χ3v) is 5.34. The highest BCUT2D eigenvalue weighted by atomic mass is 35.5. The van der Waals surface area contributed by atoms with Crippen LogP contribution in [0.1, 0.15) is 12.8 Å². The molecular weight excluding hydrogens is 336 g/mol. The van der Waals surface area contributed by atoms with Gasteiger partial charge in [-0.2, -0.15) is 0 Å². The topological polar surface area (TPSA) is 75.3 Å². The highest BCUT2D eigenvalue weighted by Gasteiger charge is 2.29. The van der Waals surface area contributed by atoms with Gasteiger partial charge in [0, 0.05) is 11.6 Å². The van der Waals surface area contributed by atoms with Gasteiger partial charge in [-0.25, -0.2) is 8.42 Å². The summed E-state index contributed by atoms with van der Waals surface area (Å²) in [4.78, 5) is 11.8. The number of carbonyl (C=O) groups is 1. The van der Waals surface area contributed by atoms with Crippen LogP contribution >= 0.6 is 11.6 Å². The summed E-state index contributed by atoms with van der Waals surface area (Å²) in [6.45, 7) is 0. The molecule has 120 valence electrons. The monoisotopic (exact) mass is 350 g/mol. The number of halogens is 1. The van der Waals surface area contributed by atoms with E-state index in [2.05, 4.69) is 10.0 Å². The standard InChI is InChI=1S/C16H15ClN2O3S/c17-14-6-1-2-7-15(14)23(21,22)19-13-5-3-4-12(10-13)18-16(20)11-8-9-11/h1-7,10-11,19H,8-9H2,(H,18,20). The lowest BCUT2D eigenvalue weighted by Gasteiger charge is -2.11. The van der Waals surface area contributed by atoms with E-state index in [4.69, 9.17) is 11.6 Å². The van der Waals surface area contributed by atoms with Crippen molar-refractivity contribution in [3.63, 3.8) is 0 Å². The van der Waals surface area contributed by atoms with Crippen LogP contribution in [0.5, 0.6) is 0 Å². The maximum absolute atomic E-state index is 12.4. The van der Waals surface area contributed by atoms with Crippen LogP contribution in [-0.4, -0.2) is 14.3 Å². The second-order valence-electron chi connectivity index (χ2n) is 5.38. The van der Waals surface area contributed by atoms with Gasteiger partial charge in [-0.3, -0.25) is 9.52 Å². The van der Waals surface area contributed by atoms with E-state index in [1.807, 2.05) is 0 Å². The second kappa shape index (κ2) is 6.22. The van der Waals surface area contributed by atoms with Gasteiger partial charge in [-0.1, -0.05) is 29.8 Å². The predicted molar refractivity (Wildman–Crippen MR) is 90.1 cm³/mol. The normalized spacial score (nSPS) is 14.3. The minimum atomic E-state index is -3.79. The van der Waals surface area contributed by atoms with Crippen molar-refractivity contribution in [3.05, 3.63) is 53.6 Å². The van der Waals surface area contributed by atoms with E-state index in [1.54, 1.807) is 36.4 Å². The van der Waals surface area contributed by atoms with E-state index < -0.39 is 10.0 Å². The van der Waals surface area contributed by atoms with Gasteiger partial charge >= 0.3 is 0 Å². The first-order valence-electron chi connectivity index (χ1n) is 7.14. The third-order valence-electron chi connectivity index (χ3n) is 3.46. The Bertz CT molecular complexity index is 848. The fourth-order valence-electron chi connectivity index (χ4n) is 2.12. The zero-order chi connectivity index (χ0) is 16.4. The quantitative estimate of drug-likeness (QED) is 0.866. The van der Waals surface area contributed by atoms with Crippen LogP contribution in [0.2, 0.25) is 5.02 Å². The minimum Gasteiger partial charge on any atom is -0.326 e. The number of nitrogens with one attached hydrogen (secondary N) is 2. The number of hydrogen-bond acceptors (Lipinski definition) is 3. The first-order chi connectivity index (χ1) is 11.0.